The summed E-state index contributed by atoms with van der Waals surface area (Å²) in [6.45, 7) is 7.97. The van der Waals surface area contributed by atoms with Crippen molar-refractivity contribution in [3.63, 3.8) is 0 Å². The predicted octanol–water partition coefficient (Wildman–Crippen LogP) is 0.0682. The third-order valence-electron chi connectivity index (χ3n) is 4.77. The van der Waals surface area contributed by atoms with Crippen LogP contribution < -0.4 is 11.1 Å². The summed E-state index contributed by atoms with van der Waals surface area (Å²) in [6.07, 6.45) is 0. The lowest BCUT2D eigenvalue weighted by atomic mass is 10.2. The number of aromatic nitrogens is 3. The summed E-state index contributed by atoms with van der Waals surface area (Å²) in [5.41, 5.74) is 1.89. The standard InChI is InChI=1S/C18H25N5O2/c1-15-6-7-18(25)23(19-15)13-12-21-8-10-22(11-9-21)14-16-4-3-5-17(24)20(16)2/h3-7H,8-14H2,1-2H3. The fourth-order valence-electron chi connectivity index (χ4n) is 3.11. The van der Waals surface area contributed by atoms with E-state index in [1.54, 1.807) is 27.4 Å². The molecule has 1 fully saturated rings. The molecule has 0 radical (unpaired) electrons. The molecule has 2 aromatic rings. The molecule has 0 saturated carbocycles. The van der Waals surface area contributed by atoms with Crippen molar-refractivity contribution in [1.29, 1.82) is 0 Å². The second-order valence-electron chi connectivity index (χ2n) is 6.57. The third-order valence-corrected chi connectivity index (χ3v) is 4.77. The van der Waals surface area contributed by atoms with E-state index in [0.29, 0.717) is 6.54 Å². The monoisotopic (exact) mass is 343 g/mol. The minimum absolute atomic E-state index is 0.0345. The molecule has 134 valence electrons. The van der Waals surface area contributed by atoms with E-state index in [-0.39, 0.29) is 11.1 Å². The maximum absolute atomic E-state index is 11.8. The van der Waals surface area contributed by atoms with Crippen LogP contribution in [-0.4, -0.2) is 56.9 Å². The molecule has 1 aliphatic heterocycles. The average molecular weight is 343 g/mol. The highest BCUT2D eigenvalue weighted by molar-refractivity contribution is 5.06. The molecular weight excluding hydrogens is 318 g/mol. The van der Waals surface area contributed by atoms with Crippen molar-refractivity contribution in [3.8, 4) is 0 Å². The Hall–Kier alpha value is -2.25. The lowest BCUT2D eigenvalue weighted by Gasteiger charge is -2.34. The Balaban J connectivity index is 1.50. The Bertz CT molecular complexity index is 834. The summed E-state index contributed by atoms with van der Waals surface area (Å²) in [5.74, 6) is 0. The Morgan fingerprint density at radius 3 is 2.40 bits per heavy atom. The van der Waals surface area contributed by atoms with E-state index in [1.165, 1.54) is 0 Å². The molecule has 7 heteroatoms. The SMILES string of the molecule is Cc1ccc(=O)n(CCN2CCN(Cc3cccc(=O)n3C)CC2)n1. The van der Waals surface area contributed by atoms with Crippen LogP contribution in [0.25, 0.3) is 0 Å². The van der Waals surface area contributed by atoms with E-state index in [4.69, 9.17) is 0 Å². The van der Waals surface area contributed by atoms with Crippen LogP contribution in [0.15, 0.2) is 39.9 Å². The largest absolute Gasteiger partial charge is 0.314 e. The van der Waals surface area contributed by atoms with Gasteiger partial charge in [0.15, 0.2) is 0 Å². The van der Waals surface area contributed by atoms with E-state index in [9.17, 15) is 9.59 Å². The second kappa shape index (κ2) is 7.76. The van der Waals surface area contributed by atoms with Gasteiger partial charge < -0.3 is 4.57 Å². The molecule has 1 aliphatic rings. The zero-order valence-electron chi connectivity index (χ0n) is 14.9. The first-order valence-corrected chi connectivity index (χ1v) is 8.67. The van der Waals surface area contributed by atoms with Gasteiger partial charge in [-0.3, -0.25) is 19.4 Å². The van der Waals surface area contributed by atoms with Gasteiger partial charge >= 0.3 is 0 Å². The molecule has 0 aromatic carbocycles. The van der Waals surface area contributed by atoms with Gasteiger partial charge in [0.05, 0.1) is 12.2 Å². The number of hydrogen-bond acceptors (Lipinski definition) is 5. The van der Waals surface area contributed by atoms with Gasteiger partial charge in [-0.05, 0) is 19.1 Å². The zero-order chi connectivity index (χ0) is 17.8. The summed E-state index contributed by atoms with van der Waals surface area (Å²) in [5, 5.41) is 4.28. The summed E-state index contributed by atoms with van der Waals surface area (Å²) >= 11 is 0. The van der Waals surface area contributed by atoms with E-state index < -0.39 is 0 Å². The maximum atomic E-state index is 11.8. The third kappa shape index (κ3) is 4.43. The van der Waals surface area contributed by atoms with Gasteiger partial charge in [-0.2, -0.15) is 5.10 Å². The smallest absolute Gasteiger partial charge is 0.266 e. The first kappa shape index (κ1) is 17.6. The molecule has 3 heterocycles. The summed E-state index contributed by atoms with van der Waals surface area (Å²) in [6, 6.07) is 8.73. The van der Waals surface area contributed by atoms with E-state index in [2.05, 4.69) is 14.9 Å². The van der Waals surface area contributed by atoms with E-state index in [0.717, 1.165) is 50.7 Å². The van der Waals surface area contributed by atoms with Crippen LogP contribution in [0.5, 0.6) is 0 Å². The lowest BCUT2D eigenvalue weighted by molar-refractivity contribution is 0.120. The van der Waals surface area contributed by atoms with Crippen LogP contribution in [0.3, 0.4) is 0 Å². The lowest BCUT2D eigenvalue weighted by Crippen LogP contribution is -2.47. The summed E-state index contributed by atoms with van der Waals surface area (Å²) in [4.78, 5) is 28.2. The molecule has 7 nitrogen and oxygen atoms in total. The Morgan fingerprint density at radius 2 is 1.64 bits per heavy atom. The van der Waals surface area contributed by atoms with Crippen LogP contribution in [0, 0.1) is 6.92 Å². The molecule has 1 saturated heterocycles. The highest BCUT2D eigenvalue weighted by Gasteiger charge is 2.17. The fourth-order valence-corrected chi connectivity index (χ4v) is 3.11. The zero-order valence-corrected chi connectivity index (χ0v) is 14.9. The molecule has 2 aromatic heterocycles. The molecule has 0 aliphatic carbocycles. The van der Waals surface area contributed by atoms with Gasteiger partial charge in [-0.15, -0.1) is 0 Å². The number of hydrogen-bond donors (Lipinski definition) is 0. The first-order valence-electron chi connectivity index (χ1n) is 8.67. The van der Waals surface area contributed by atoms with Crippen molar-refractivity contribution in [2.24, 2.45) is 7.05 Å². The maximum Gasteiger partial charge on any atom is 0.266 e. The van der Waals surface area contributed by atoms with Gasteiger partial charge in [0.25, 0.3) is 5.56 Å². The molecule has 3 rings (SSSR count). The average Bonchev–Trinajstić information content (AvgIpc) is 2.61. The quantitative estimate of drug-likeness (QED) is 0.769. The highest BCUT2D eigenvalue weighted by atomic mass is 16.1. The van der Waals surface area contributed by atoms with Crippen LogP contribution >= 0.6 is 0 Å². The number of aryl methyl sites for hydroxylation is 1. The highest BCUT2D eigenvalue weighted by Crippen LogP contribution is 2.07. The predicted molar refractivity (Wildman–Crippen MR) is 96.6 cm³/mol. The molecule has 0 N–H and O–H groups in total. The minimum Gasteiger partial charge on any atom is -0.314 e. The van der Waals surface area contributed by atoms with Gasteiger partial charge in [0.1, 0.15) is 0 Å². The van der Waals surface area contributed by atoms with Gasteiger partial charge in [-0.25, -0.2) is 4.68 Å². The number of piperazine rings is 1. The molecule has 0 unspecified atom stereocenters. The fraction of sp³-hybridized carbons (Fsp3) is 0.500. The number of rotatable bonds is 5. The first-order chi connectivity index (χ1) is 12.0. The number of nitrogens with zero attached hydrogens (tertiary/aromatic N) is 5. The molecule has 0 bridgehead atoms. The van der Waals surface area contributed by atoms with Crippen LogP contribution in [0.2, 0.25) is 0 Å². The summed E-state index contributed by atoms with van der Waals surface area (Å²) < 4.78 is 3.25. The molecular formula is C18H25N5O2. The van der Waals surface area contributed by atoms with Crippen molar-refractivity contribution in [2.45, 2.75) is 20.0 Å². The molecule has 0 amide bonds. The Kier molecular flexibility index (Phi) is 5.45. The van der Waals surface area contributed by atoms with Crippen LogP contribution in [0.4, 0.5) is 0 Å². The van der Waals surface area contributed by atoms with Crippen molar-refractivity contribution < 1.29 is 0 Å². The second-order valence-corrected chi connectivity index (χ2v) is 6.57. The molecule has 0 spiro atoms. The van der Waals surface area contributed by atoms with Gasteiger partial charge in [0, 0.05) is 64.1 Å². The van der Waals surface area contributed by atoms with Crippen molar-refractivity contribution in [1.82, 2.24) is 24.1 Å². The Labute approximate surface area is 147 Å². The van der Waals surface area contributed by atoms with Crippen LogP contribution in [0.1, 0.15) is 11.4 Å². The van der Waals surface area contributed by atoms with Crippen LogP contribution in [-0.2, 0) is 20.1 Å². The van der Waals surface area contributed by atoms with Gasteiger partial charge in [0.2, 0.25) is 5.56 Å². The molecule has 0 atom stereocenters. The summed E-state index contributed by atoms with van der Waals surface area (Å²) in [7, 11) is 1.82. The van der Waals surface area contributed by atoms with E-state index in [1.807, 2.05) is 26.1 Å². The number of pyridine rings is 1. The van der Waals surface area contributed by atoms with E-state index >= 15 is 0 Å². The minimum atomic E-state index is -0.0470. The van der Waals surface area contributed by atoms with Crippen molar-refractivity contribution in [2.75, 3.05) is 32.7 Å². The molecule has 25 heavy (non-hydrogen) atoms. The topological polar surface area (TPSA) is 63.4 Å². The normalized spacial score (nSPS) is 16.2. The Morgan fingerprint density at radius 1 is 0.920 bits per heavy atom. The van der Waals surface area contributed by atoms with Crippen molar-refractivity contribution >= 4 is 0 Å². The van der Waals surface area contributed by atoms with Crippen molar-refractivity contribution in [3.05, 3.63) is 62.4 Å². The van der Waals surface area contributed by atoms with Gasteiger partial charge in [-0.1, -0.05) is 6.07 Å².